The summed E-state index contributed by atoms with van der Waals surface area (Å²) < 4.78 is 16.4. The highest BCUT2D eigenvalue weighted by Gasteiger charge is 2.33. The van der Waals surface area contributed by atoms with E-state index in [0.717, 1.165) is 0 Å². The number of hydrogen-bond donors (Lipinski definition) is 2. The normalized spacial score (nSPS) is 17.0. The number of nitrogens with one attached hydrogen (secondary N) is 2. The van der Waals surface area contributed by atoms with Gasteiger partial charge in [0.2, 0.25) is 0 Å². The molecule has 0 spiro atoms. The lowest BCUT2D eigenvalue weighted by Gasteiger charge is -2.29. The van der Waals surface area contributed by atoms with Crippen molar-refractivity contribution < 1.29 is 23.8 Å². The topological polar surface area (TPSA) is 85.9 Å². The van der Waals surface area contributed by atoms with Crippen molar-refractivity contribution in [3.05, 3.63) is 33.4 Å². The standard InChI is InChI=1S/C16H19BrN2O5/c1-5-24-12-6-9(10(17)7-11(12)22-3)14-13(15(20)23-4)8(2)18-16(21)19-14/h6-7,14H,5H2,1-4H3,(H2,18,19,21)/t14-/m1/s1. The van der Waals surface area contributed by atoms with E-state index in [4.69, 9.17) is 14.2 Å². The molecule has 0 radical (unpaired) electrons. The number of hydrogen-bond acceptors (Lipinski definition) is 5. The average molecular weight is 399 g/mol. The van der Waals surface area contributed by atoms with Gasteiger partial charge in [-0.05, 0) is 31.5 Å². The Kier molecular flexibility index (Phi) is 5.71. The SMILES string of the molecule is CCOc1cc([C@H]2NC(=O)NC(C)=C2C(=O)OC)c(Br)cc1OC. The number of benzene rings is 1. The molecule has 2 amide bonds. The van der Waals surface area contributed by atoms with Gasteiger partial charge in [-0.3, -0.25) is 0 Å². The Balaban J connectivity index is 2.59. The van der Waals surface area contributed by atoms with E-state index in [0.29, 0.717) is 39.4 Å². The highest BCUT2D eigenvalue weighted by atomic mass is 79.9. The number of carbonyl (C=O) groups excluding carboxylic acids is 2. The Labute approximate surface area is 148 Å². The summed E-state index contributed by atoms with van der Waals surface area (Å²) in [5.41, 5.74) is 1.43. The summed E-state index contributed by atoms with van der Waals surface area (Å²) in [5.74, 6) is 0.548. The number of halogens is 1. The summed E-state index contributed by atoms with van der Waals surface area (Å²) in [7, 11) is 2.84. The highest BCUT2D eigenvalue weighted by molar-refractivity contribution is 9.10. The second kappa shape index (κ2) is 7.57. The van der Waals surface area contributed by atoms with Crippen molar-refractivity contribution in [2.24, 2.45) is 0 Å². The first-order valence-corrected chi connectivity index (χ1v) is 8.09. The van der Waals surface area contributed by atoms with Crippen LogP contribution in [0.15, 0.2) is 27.9 Å². The maximum Gasteiger partial charge on any atom is 0.337 e. The molecular formula is C16H19BrN2O5. The number of esters is 1. The van der Waals surface area contributed by atoms with E-state index in [2.05, 4.69) is 26.6 Å². The average Bonchev–Trinajstić information content (AvgIpc) is 2.54. The summed E-state index contributed by atoms with van der Waals surface area (Å²) in [6.07, 6.45) is 0. The minimum atomic E-state index is -0.675. The third-order valence-corrected chi connectivity index (χ3v) is 4.26. The monoisotopic (exact) mass is 398 g/mol. The Hall–Kier alpha value is -2.22. The minimum absolute atomic E-state index is 0.324. The summed E-state index contributed by atoms with van der Waals surface area (Å²) in [6, 6.07) is 2.40. The van der Waals surface area contributed by atoms with E-state index in [1.807, 2.05) is 6.92 Å². The second-order valence-corrected chi connectivity index (χ2v) is 5.87. The first kappa shape index (κ1) is 18.1. The van der Waals surface area contributed by atoms with Crippen LogP contribution in [-0.2, 0) is 9.53 Å². The fourth-order valence-electron chi connectivity index (χ4n) is 2.51. The predicted octanol–water partition coefficient (Wildman–Crippen LogP) is 2.66. The van der Waals surface area contributed by atoms with Crippen LogP contribution in [0, 0.1) is 0 Å². The zero-order valence-electron chi connectivity index (χ0n) is 13.9. The van der Waals surface area contributed by atoms with Gasteiger partial charge in [-0.15, -0.1) is 0 Å². The van der Waals surface area contributed by atoms with E-state index >= 15 is 0 Å². The molecule has 1 heterocycles. The first-order chi connectivity index (χ1) is 11.4. The Morgan fingerprint density at radius 3 is 2.58 bits per heavy atom. The zero-order valence-corrected chi connectivity index (χ0v) is 15.4. The number of amides is 2. The van der Waals surface area contributed by atoms with Crippen LogP contribution in [0.3, 0.4) is 0 Å². The van der Waals surface area contributed by atoms with Crippen LogP contribution in [0.4, 0.5) is 4.79 Å². The molecule has 24 heavy (non-hydrogen) atoms. The van der Waals surface area contributed by atoms with Gasteiger partial charge in [0.25, 0.3) is 0 Å². The van der Waals surface area contributed by atoms with Crippen molar-refractivity contribution in [3.8, 4) is 11.5 Å². The lowest BCUT2D eigenvalue weighted by molar-refractivity contribution is -0.136. The van der Waals surface area contributed by atoms with Crippen molar-refractivity contribution in [1.29, 1.82) is 0 Å². The molecule has 2 rings (SSSR count). The van der Waals surface area contributed by atoms with Gasteiger partial charge in [0.1, 0.15) is 0 Å². The van der Waals surface area contributed by atoms with Crippen LogP contribution in [0.25, 0.3) is 0 Å². The molecule has 0 fully saturated rings. The van der Waals surface area contributed by atoms with Crippen LogP contribution in [0.2, 0.25) is 0 Å². The van der Waals surface area contributed by atoms with Gasteiger partial charge < -0.3 is 24.8 Å². The highest BCUT2D eigenvalue weighted by Crippen LogP contribution is 2.39. The number of methoxy groups -OCH3 is 2. The molecule has 1 atom stereocenters. The molecular weight excluding hydrogens is 380 g/mol. The Morgan fingerprint density at radius 1 is 1.29 bits per heavy atom. The molecule has 0 saturated heterocycles. The number of allylic oxidation sites excluding steroid dienone is 1. The third-order valence-electron chi connectivity index (χ3n) is 3.57. The number of urea groups is 1. The molecule has 1 aromatic carbocycles. The third kappa shape index (κ3) is 3.48. The quantitative estimate of drug-likeness (QED) is 0.744. The molecule has 7 nitrogen and oxygen atoms in total. The molecule has 0 bridgehead atoms. The van der Waals surface area contributed by atoms with Crippen LogP contribution in [0.1, 0.15) is 25.5 Å². The van der Waals surface area contributed by atoms with Crippen molar-refractivity contribution in [3.63, 3.8) is 0 Å². The van der Waals surface area contributed by atoms with Gasteiger partial charge in [0.05, 0.1) is 32.4 Å². The number of rotatable bonds is 5. The lowest BCUT2D eigenvalue weighted by atomic mass is 9.95. The summed E-state index contributed by atoms with van der Waals surface area (Å²) in [6.45, 7) is 3.96. The molecule has 0 saturated carbocycles. The summed E-state index contributed by atoms with van der Waals surface area (Å²) in [4.78, 5) is 24.0. The van der Waals surface area contributed by atoms with Crippen LogP contribution in [-0.4, -0.2) is 32.8 Å². The zero-order chi connectivity index (χ0) is 17.9. The van der Waals surface area contributed by atoms with Crippen molar-refractivity contribution in [2.45, 2.75) is 19.9 Å². The van der Waals surface area contributed by atoms with E-state index in [1.165, 1.54) is 7.11 Å². The number of ether oxygens (including phenoxy) is 3. The smallest absolute Gasteiger partial charge is 0.337 e. The van der Waals surface area contributed by atoms with Gasteiger partial charge >= 0.3 is 12.0 Å². The second-order valence-electron chi connectivity index (χ2n) is 5.02. The van der Waals surface area contributed by atoms with E-state index in [-0.39, 0.29) is 0 Å². The molecule has 0 aliphatic carbocycles. The van der Waals surface area contributed by atoms with E-state index in [1.54, 1.807) is 26.2 Å². The largest absolute Gasteiger partial charge is 0.493 e. The molecule has 0 aromatic heterocycles. The van der Waals surface area contributed by atoms with Crippen LogP contribution < -0.4 is 20.1 Å². The number of carbonyl (C=O) groups is 2. The van der Waals surface area contributed by atoms with Crippen LogP contribution in [0.5, 0.6) is 11.5 Å². The molecule has 2 N–H and O–H groups in total. The molecule has 1 aromatic rings. The van der Waals surface area contributed by atoms with Crippen molar-refractivity contribution in [2.75, 3.05) is 20.8 Å². The van der Waals surface area contributed by atoms with Crippen LogP contribution >= 0.6 is 15.9 Å². The fraction of sp³-hybridized carbons (Fsp3) is 0.375. The lowest BCUT2D eigenvalue weighted by Crippen LogP contribution is -2.45. The van der Waals surface area contributed by atoms with Gasteiger partial charge in [0.15, 0.2) is 11.5 Å². The first-order valence-electron chi connectivity index (χ1n) is 7.29. The predicted molar refractivity (Wildman–Crippen MR) is 91.0 cm³/mol. The minimum Gasteiger partial charge on any atom is -0.493 e. The molecule has 130 valence electrons. The molecule has 0 unspecified atom stereocenters. The Morgan fingerprint density at radius 2 is 2.00 bits per heavy atom. The molecule has 1 aliphatic rings. The molecule has 1 aliphatic heterocycles. The maximum absolute atomic E-state index is 12.2. The van der Waals surface area contributed by atoms with Crippen molar-refractivity contribution in [1.82, 2.24) is 10.6 Å². The van der Waals surface area contributed by atoms with E-state index < -0.39 is 18.0 Å². The van der Waals surface area contributed by atoms with Gasteiger partial charge in [0, 0.05) is 10.2 Å². The van der Waals surface area contributed by atoms with Gasteiger partial charge in [-0.2, -0.15) is 0 Å². The summed E-state index contributed by atoms with van der Waals surface area (Å²) >= 11 is 3.47. The van der Waals surface area contributed by atoms with E-state index in [9.17, 15) is 9.59 Å². The maximum atomic E-state index is 12.2. The van der Waals surface area contributed by atoms with Gasteiger partial charge in [-0.1, -0.05) is 15.9 Å². The van der Waals surface area contributed by atoms with Gasteiger partial charge in [-0.25, -0.2) is 9.59 Å². The Bertz CT molecular complexity index is 702. The van der Waals surface area contributed by atoms with Crippen molar-refractivity contribution >= 4 is 27.9 Å². The fourth-order valence-corrected chi connectivity index (χ4v) is 3.06. The molecule has 8 heteroatoms. The summed E-state index contributed by atoms with van der Waals surface area (Å²) in [5, 5.41) is 5.32.